The second-order valence-electron chi connectivity index (χ2n) is 6.54. The Labute approximate surface area is 174 Å². The minimum atomic E-state index is -0.833. The van der Waals surface area contributed by atoms with E-state index >= 15 is 0 Å². The molecule has 0 radical (unpaired) electrons. The molecule has 1 aromatic heterocycles. The fraction of sp³-hybridized carbons (Fsp3) is 0.550. The van der Waals surface area contributed by atoms with Crippen LogP contribution >= 0.6 is 0 Å². The Morgan fingerprint density at radius 1 is 1.27 bits per heavy atom. The Morgan fingerprint density at radius 2 is 2.10 bits per heavy atom. The van der Waals surface area contributed by atoms with Crippen LogP contribution in [0.5, 0.6) is 0 Å². The summed E-state index contributed by atoms with van der Waals surface area (Å²) in [4.78, 5) is 27.3. The van der Waals surface area contributed by atoms with E-state index in [1.54, 1.807) is 30.5 Å². The summed E-state index contributed by atoms with van der Waals surface area (Å²) in [7, 11) is 0. The third-order valence-electron chi connectivity index (χ3n) is 3.87. The molecule has 0 amide bonds. The van der Waals surface area contributed by atoms with Gasteiger partial charge in [0.25, 0.3) is 0 Å². The van der Waals surface area contributed by atoms with Crippen molar-refractivity contribution in [3.05, 3.63) is 36.3 Å². The van der Waals surface area contributed by atoms with E-state index < -0.39 is 30.3 Å². The molecule has 2 heterocycles. The Balaban J connectivity index is 1.67. The molecule has 0 spiro atoms. The highest BCUT2D eigenvalue weighted by atomic mass is 16.6. The maximum Gasteiger partial charge on any atom is 0.303 e. The zero-order valence-electron chi connectivity index (χ0n) is 17.0. The highest BCUT2D eigenvalue weighted by Crippen LogP contribution is 2.18. The van der Waals surface area contributed by atoms with Crippen LogP contribution in [0.4, 0.5) is 0 Å². The van der Waals surface area contributed by atoms with Crippen molar-refractivity contribution in [2.45, 2.75) is 51.3 Å². The van der Waals surface area contributed by atoms with E-state index in [1.807, 2.05) is 0 Å². The first-order valence-electron chi connectivity index (χ1n) is 9.50. The predicted molar refractivity (Wildman–Crippen MR) is 103 cm³/mol. The first kappa shape index (κ1) is 23.6. The van der Waals surface area contributed by atoms with Crippen LogP contribution in [0.1, 0.15) is 26.0 Å². The topological polar surface area (TPSA) is 126 Å². The molecule has 10 heteroatoms. The minimum absolute atomic E-state index is 0.0282. The van der Waals surface area contributed by atoms with E-state index in [0.29, 0.717) is 12.2 Å². The van der Waals surface area contributed by atoms with E-state index in [0.717, 1.165) is 0 Å². The van der Waals surface area contributed by atoms with Gasteiger partial charge in [-0.3, -0.25) is 9.59 Å². The second-order valence-corrected chi connectivity index (χ2v) is 6.54. The Kier molecular flexibility index (Phi) is 10.1. The summed E-state index contributed by atoms with van der Waals surface area (Å²) in [6.07, 6.45) is 4.42. The number of rotatable bonds is 12. The van der Waals surface area contributed by atoms with Gasteiger partial charge in [0.15, 0.2) is 0 Å². The summed E-state index contributed by atoms with van der Waals surface area (Å²) >= 11 is 0. The number of furan rings is 1. The number of carbonyl (C=O) groups excluding carboxylic acids is 2. The third kappa shape index (κ3) is 9.21. The molecule has 0 aliphatic carbocycles. The summed E-state index contributed by atoms with van der Waals surface area (Å²) in [6.45, 7) is 2.87. The van der Waals surface area contributed by atoms with Crippen molar-refractivity contribution < 1.29 is 42.9 Å². The lowest BCUT2D eigenvalue weighted by Gasteiger charge is -2.30. The van der Waals surface area contributed by atoms with Crippen LogP contribution in [0.15, 0.2) is 40.1 Å². The van der Waals surface area contributed by atoms with Crippen LogP contribution < -0.4 is 0 Å². The number of hydrogen-bond donors (Lipinski definition) is 1. The Hall–Kier alpha value is -2.69. The first-order valence-corrected chi connectivity index (χ1v) is 9.50. The summed E-state index contributed by atoms with van der Waals surface area (Å²) in [5.74, 6) is -0.237. The SMILES string of the molecule is CC(=O)OC[C@H]1O[C@H](C/C=N/OC[C@@H](O)COCc2ccco2)C=C[C@@H]1OC(C)=O. The van der Waals surface area contributed by atoms with E-state index in [1.165, 1.54) is 20.1 Å². The number of carbonyl (C=O) groups is 2. The molecule has 1 aromatic rings. The molecule has 1 aliphatic heterocycles. The molecule has 0 saturated carbocycles. The number of esters is 2. The van der Waals surface area contributed by atoms with Gasteiger partial charge < -0.3 is 33.3 Å². The van der Waals surface area contributed by atoms with Crippen molar-refractivity contribution in [1.82, 2.24) is 0 Å². The molecular formula is C20H27NO9. The van der Waals surface area contributed by atoms with Crippen LogP contribution in [0.25, 0.3) is 0 Å². The lowest BCUT2D eigenvalue weighted by molar-refractivity contribution is -0.163. The molecule has 0 bridgehead atoms. The molecule has 4 atom stereocenters. The fourth-order valence-corrected chi connectivity index (χ4v) is 2.55. The molecule has 2 rings (SSSR count). The van der Waals surface area contributed by atoms with Crippen molar-refractivity contribution >= 4 is 18.2 Å². The van der Waals surface area contributed by atoms with Crippen LogP contribution in [0.3, 0.4) is 0 Å². The smallest absolute Gasteiger partial charge is 0.303 e. The minimum Gasteiger partial charge on any atom is -0.467 e. The van der Waals surface area contributed by atoms with Crippen molar-refractivity contribution in [2.75, 3.05) is 19.8 Å². The molecule has 0 saturated heterocycles. The monoisotopic (exact) mass is 425 g/mol. The molecule has 1 aliphatic rings. The summed E-state index contributed by atoms with van der Waals surface area (Å²) in [6, 6.07) is 3.54. The highest BCUT2D eigenvalue weighted by Gasteiger charge is 2.30. The van der Waals surface area contributed by atoms with Crippen LogP contribution in [0.2, 0.25) is 0 Å². The van der Waals surface area contributed by atoms with Gasteiger partial charge in [-0.2, -0.15) is 0 Å². The van der Waals surface area contributed by atoms with Crippen LogP contribution in [0, 0.1) is 0 Å². The van der Waals surface area contributed by atoms with Gasteiger partial charge in [0, 0.05) is 26.5 Å². The maximum atomic E-state index is 11.2. The fourth-order valence-electron chi connectivity index (χ4n) is 2.55. The van der Waals surface area contributed by atoms with Crippen molar-refractivity contribution in [3.8, 4) is 0 Å². The second kappa shape index (κ2) is 12.8. The average Bonchev–Trinajstić information content (AvgIpc) is 3.20. The van der Waals surface area contributed by atoms with E-state index in [9.17, 15) is 14.7 Å². The number of hydrogen-bond acceptors (Lipinski definition) is 10. The molecule has 0 unspecified atom stereocenters. The predicted octanol–water partition coefficient (Wildman–Crippen LogP) is 1.37. The van der Waals surface area contributed by atoms with Gasteiger partial charge >= 0.3 is 11.9 Å². The van der Waals surface area contributed by atoms with Gasteiger partial charge in [-0.25, -0.2) is 0 Å². The summed E-state index contributed by atoms with van der Waals surface area (Å²) in [5.41, 5.74) is 0. The largest absolute Gasteiger partial charge is 0.467 e. The molecule has 0 fully saturated rings. The zero-order chi connectivity index (χ0) is 21.8. The van der Waals surface area contributed by atoms with Gasteiger partial charge in [-0.1, -0.05) is 11.2 Å². The van der Waals surface area contributed by atoms with Gasteiger partial charge in [0.1, 0.15) is 43.9 Å². The Morgan fingerprint density at radius 3 is 2.80 bits per heavy atom. The number of nitrogens with zero attached hydrogens (tertiary/aromatic N) is 1. The standard InChI is InChI=1S/C20H27NO9/c1-14(22)27-13-20-19(29-15(2)23)6-5-17(30-20)7-8-21-28-11-16(24)10-25-12-18-4-3-9-26-18/h3-6,8-9,16-17,19-20,24H,7,10-13H2,1-2H3/b21-8+/t16-,17-,19-,20+/m0/s1. The third-order valence-corrected chi connectivity index (χ3v) is 3.87. The summed E-state index contributed by atoms with van der Waals surface area (Å²) < 4.78 is 26.4. The van der Waals surface area contributed by atoms with Gasteiger partial charge in [0.2, 0.25) is 0 Å². The van der Waals surface area contributed by atoms with Crippen LogP contribution in [-0.4, -0.2) is 67.5 Å². The number of ether oxygens (including phenoxy) is 4. The zero-order valence-corrected chi connectivity index (χ0v) is 17.0. The van der Waals surface area contributed by atoms with Gasteiger partial charge in [-0.15, -0.1) is 0 Å². The number of oxime groups is 1. The maximum absolute atomic E-state index is 11.2. The lowest BCUT2D eigenvalue weighted by atomic mass is 10.1. The van der Waals surface area contributed by atoms with E-state index in [2.05, 4.69) is 5.16 Å². The highest BCUT2D eigenvalue weighted by molar-refractivity contribution is 5.67. The molecule has 30 heavy (non-hydrogen) atoms. The lowest BCUT2D eigenvalue weighted by Crippen LogP contribution is -2.41. The van der Waals surface area contributed by atoms with Crippen molar-refractivity contribution in [1.29, 1.82) is 0 Å². The van der Waals surface area contributed by atoms with E-state index in [-0.39, 0.29) is 32.5 Å². The molecular weight excluding hydrogens is 398 g/mol. The number of aliphatic hydroxyl groups is 1. The molecule has 0 aromatic carbocycles. The number of aliphatic hydroxyl groups excluding tert-OH is 1. The van der Waals surface area contributed by atoms with E-state index in [4.69, 9.17) is 28.2 Å². The normalized spacial score (nSPS) is 22.0. The molecule has 1 N–H and O–H groups in total. The first-order chi connectivity index (χ1) is 14.4. The quantitative estimate of drug-likeness (QED) is 0.229. The van der Waals surface area contributed by atoms with Crippen molar-refractivity contribution in [2.24, 2.45) is 5.16 Å². The van der Waals surface area contributed by atoms with Crippen molar-refractivity contribution in [3.63, 3.8) is 0 Å². The average molecular weight is 425 g/mol. The van der Waals surface area contributed by atoms with Gasteiger partial charge in [0.05, 0.1) is 19.0 Å². The van der Waals surface area contributed by atoms with Crippen LogP contribution in [-0.2, 0) is 40.0 Å². The summed E-state index contributed by atoms with van der Waals surface area (Å²) in [5, 5.41) is 13.6. The van der Waals surface area contributed by atoms with Gasteiger partial charge in [-0.05, 0) is 18.2 Å². The molecule has 10 nitrogen and oxygen atoms in total. The Bertz CT molecular complexity index is 701. The molecule has 166 valence electrons.